The van der Waals surface area contributed by atoms with Gasteiger partial charge in [-0.15, -0.1) is 0 Å². The van der Waals surface area contributed by atoms with Crippen LogP contribution in [0, 0.1) is 13.8 Å². The van der Waals surface area contributed by atoms with E-state index in [0.29, 0.717) is 0 Å². The molecule has 21 heavy (non-hydrogen) atoms. The SMILES string of the molecule is C=Cc1c(C)cc(CC2=CCCC=C2)c(C)c1C=C.CC. The van der Waals surface area contributed by atoms with Crippen LogP contribution in [0.4, 0.5) is 0 Å². The quantitative estimate of drug-likeness (QED) is 0.595. The summed E-state index contributed by atoms with van der Waals surface area (Å²) in [5.41, 5.74) is 7.88. The van der Waals surface area contributed by atoms with E-state index < -0.39 is 0 Å². The van der Waals surface area contributed by atoms with Gasteiger partial charge in [0, 0.05) is 0 Å². The highest BCUT2D eigenvalue weighted by atomic mass is 14.1. The van der Waals surface area contributed by atoms with E-state index in [2.05, 4.69) is 51.3 Å². The molecule has 0 aromatic heterocycles. The predicted molar refractivity (Wildman–Crippen MR) is 97.6 cm³/mol. The van der Waals surface area contributed by atoms with Gasteiger partial charge in [-0.25, -0.2) is 0 Å². The standard InChI is InChI=1S/C19H22.C2H6/c1-5-18-14(3)12-17(15(4)19(18)6-2)13-16-10-8-7-9-11-16;1-2/h5-6,8,10-12H,1-2,7,9,13H2,3-4H3;1-2H3. The van der Waals surface area contributed by atoms with Crippen molar-refractivity contribution in [2.45, 2.75) is 47.0 Å². The molecule has 0 saturated carbocycles. The van der Waals surface area contributed by atoms with Gasteiger partial charge in [0.05, 0.1) is 0 Å². The van der Waals surface area contributed by atoms with Crippen molar-refractivity contribution < 1.29 is 0 Å². The highest BCUT2D eigenvalue weighted by Crippen LogP contribution is 2.27. The molecule has 0 aliphatic heterocycles. The molecular weight excluding hydrogens is 252 g/mol. The first kappa shape index (κ1) is 17.2. The lowest BCUT2D eigenvalue weighted by atomic mass is 9.89. The predicted octanol–water partition coefficient (Wildman–Crippen LogP) is 6.43. The van der Waals surface area contributed by atoms with Crippen LogP contribution in [0.5, 0.6) is 0 Å². The molecule has 2 rings (SSSR count). The second kappa shape index (κ2) is 8.46. The lowest BCUT2D eigenvalue weighted by Gasteiger charge is -2.16. The smallest absolute Gasteiger partial charge is 0.00261 e. The number of allylic oxidation sites excluding steroid dienone is 4. The Bertz CT molecular complexity index is 568. The summed E-state index contributed by atoms with van der Waals surface area (Å²) in [5, 5.41) is 0. The van der Waals surface area contributed by atoms with Crippen molar-refractivity contribution in [3.8, 4) is 0 Å². The minimum atomic E-state index is 1.02. The van der Waals surface area contributed by atoms with E-state index in [1.807, 2.05) is 26.0 Å². The highest BCUT2D eigenvalue weighted by Gasteiger charge is 2.10. The normalized spacial score (nSPS) is 13.0. The van der Waals surface area contributed by atoms with Gasteiger partial charge in [-0.1, -0.05) is 63.5 Å². The van der Waals surface area contributed by atoms with Crippen molar-refractivity contribution in [3.63, 3.8) is 0 Å². The van der Waals surface area contributed by atoms with Crippen LogP contribution < -0.4 is 0 Å². The topological polar surface area (TPSA) is 0 Å². The van der Waals surface area contributed by atoms with Gasteiger partial charge < -0.3 is 0 Å². The fraction of sp³-hybridized carbons (Fsp3) is 0.333. The second-order valence-corrected chi connectivity index (χ2v) is 5.15. The van der Waals surface area contributed by atoms with Crippen LogP contribution >= 0.6 is 0 Å². The van der Waals surface area contributed by atoms with Gasteiger partial charge in [0.1, 0.15) is 0 Å². The molecule has 0 heterocycles. The molecule has 0 fully saturated rings. The van der Waals surface area contributed by atoms with Gasteiger partial charge >= 0.3 is 0 Å². The maximum Gasteiger partial charge on any atom is -0.00261 e. The van der Waals surface area contributed by atoms with Crippen molar-refractivity contribution in [1.29, 1.82) is 0 Å². The summed E-state index contributed by atoms with van der Waals surface area (Å²) in [4.78, 5) is 0. The summed E-state index contributed by atoms with van der Waals surface area (Å²) in [5.74, 6) is 0. The Morgan fingerprint density at radius 2 is 1.71 bits per heavy atom. The zero-order valence-corrected chi connectivity index (χ0v) is 14.0. The van der Waals surface area contributed by atoms with Crippen LogP contribution in [0.15, 0.2) is 43.0 Å². The van der Waals surface area contributed by atoms with Crippen molar-refractivity contribution in [2.75, 3.05) is 0 Å². The Balaban J connectivity index is 0.00000106. The van der Waals surface area contributed by atoms with E-state index in [9.17, 15) is 0 Å². The van der Waals surface area contributed by atoms with Gasteiger partial charge in [-0.05, 0) is 66.5 Å². The summed E-state index contributed by atoms with van der Waals surface area (Å²) in [7, 11) is 0. The molecule has 1 aliphatic carbocycles. The Hall–Kier alpha value is -1.82. The Labute approximate surface area is 130 Å². The van der Waals surface area contributed by atoms with Gasteiger partial charge in [-0.3, -0.25) is 0 Å². The summed E-state index contributed by atoms with van der Waals surface area (Å²) in [6, 6.07) is 2.29. The van der Waals surface area contributed by atoms with Crippen LogP contribution in [0.2, 0.25) is 0 Å². The van der Waals surface area contributed by atoms with E-state index in [0.717, 1.165) is 6.42 Å². The van der Waals surface area contributed by atoms with Gasteiger partial charge in [0.15, 0.2) is 0 Å². The molecule has 0 saturated heterocycles. The van der Waals surface area contributed by atoms with E-state index in [1.165, 1.54) is 46.2 Å². The maximum absolute atomic E-state index is 3.95. The van der Waals surface area contributed by atoms with E-state index in [4.69, 9.17) is 0 Å². The van der Waals surface area contributed by atoms with E-state index >= 15 is 0 Å². The minimum Gasteiger partial charge on any atom is -0.0984 e. The van der Waals surface area contributed by atoms with Crippen LogP contribution in [0.3, 0.4) is 0 Å². The molecule has 0 nitrogen and oxygen atoms in total. The van der Waals surface area contributed by atoms with E-state index in [-0.39, 0.29) is 0 Å². The third-order valence-electron chi connectivity index (χ3n) is 3.87. The highest BCUT2D eigenvalue weighted by molar-refractivity contribution is 5.70. The first-order valence-electron chi connectivity index (χ1n) is 7.91. The molecule has 0 N–H and O–H groups in total. The first-order valence-corrected chi connectivity index (χ1v) is 7.91. The fourth-order valence-corrected chi connectivity index (χ4v) is 2.77. The second-order valence-electron chi connectivity index (χ2n) is 5.15. The summed E-state index contributed by atoms with van der Waals surface area (Å²) in [6.45, 7) is 16.2. The molecule has 0 heteroatoms. The first-order chi connectivity index (χ1) is 10.2. The maximum atomic E-state index is 3.95. The summed E-state index contributed by atoms with van der Waals surface area (Å²) < 4.78 is 0. The zero-order valence-electron chi connectivity index (χ0n) is 14.0. The Morgan fingerprint density at radius 1 is 1.05 bits per heavy atom. The third kappa shape index (κ3) is 4.07. The molecule has 112 valence electrons. The minimum absolute atomic E-state index is 1.02. The van der Waals surface area contributed by atoms with E-state index in [1.54, 1.807) is 0 Å². The molecule has 0 bridgehead atoms. The summed E-state index contributed by atoms with van der Waals surface area (Å²) >= 11 is 0. The average molecular weight is 280 g/mol. The molecule has 0 unspecified atom stereocenters. The third-order valence-corrected chi connectivity index (χ3v) is 3.87. The number of aryl methyl sites for hydroxylation is 1. The zero-order chi connectivity index (χ0) is 15.8. The lowest BCUT2D eigenvalue weighted by Crippen LogP contribution is -2.00. The number of benzene rings is 1. The van der Waals surface area contributed by atoms with Crippen molar-refractivity contribution in [2.24, 2.45) is 0 Å². The Kier molecular flexibility index (Phi) is 6.94. The number of rotatable bonds is 4. The monoisotopic (exact) mass is 280 g/mol. The van der Waals surface area contributed by atoms with Crippen LogP contribution in [0.1, 0.15) is 54.5 Å². The summed E-state index contributed by atoms with van der Waals surface area (Å²) in [6.07, 6.45) is 14.1. The van der Waals surface area contributed by atoms with Crippen molar-refractivity contribution in [1.82, 2.24) is 0 Å². The molecule has 1 aromatic carbocycles. The molecule has 0 amide bonds. The molecular formula is C21H28. The number of hydrogen-bond donors (Lipinski definition) is 0. The van der Waals surface area contributed by atoms with Gasteiger partial charge in [0.2, 0.25) is 0 Å². The van der Waals surface area contributed by atoms with Gasteiger partial charge in [0.25, 0.3) is 0 Å². The van der Waals surface area contributed by atoms with Crippen LogP contribution in [-0.4, -0.2) is 0 Å². The van der Waals surface area contributed by atoms with Gasteiger partial charge in [-0.2, -0.15) is 0 Å². The molecule has 1 aliphatic rings. The molecule has 0 atom stereocenters. The molecule has 1 aromatic rings. The average Bonchev–Trinajstić information content (AvgIpc) is 2.53. The van der Waals surface area contributed by atoms with Crippen LogP contribution in [-0.2, 0) is 6.42 Å². The van der Waals surface area contributed by atoms with Crippen LogP contribution in [0.25, 0.3) is 12.2 Å². The van der Waals surface area contributed by atoms with Crippen molar-refractivity contribution >= 4 is 12.2 Å². The lowest BCUT2D eigenvalue weighted by molar-refractivity contribution is 0.990. The number of hydrogen-bond acceptors (Lipinski definition) is 0. The Morgan fingerprint density at radius 3 is 2.24 bits per heavy atom. The van der Waals surface area contributed by atoms with Crippen molar-refractivity contribution in [3.05, 3.63) is 70.8 Å². The fourth-order valence-electron chi connectivity index (χ4n) is 2.77. The largest absolute Gasteiger partial charge is 0.0984 e. The molecule has 0 spiro atoms. The molecule has 0 radical (unpaired) electrons.